The van der Waals surface area contributed by atoms with Gasteiger partial charge in [0.05, 0.1) is 10.2 Å². The summed E-state index contributed by atoms with van der Waals surface area (Å²) < 4.78 is 1.15. The number of fused-ring (bicyclic) bond motifs is 1. The van der Waals surface area contributed by atoms with E-state index in [1.165, 1.54) is 5.56 Å². The van der Waals surface area contributed by atoms with Crippen LogP contribution in [0.2, 0.25) is 0 Å². The summed E-state index contributed by atoms with van der Waals surface area (Å²) in [5, 5.41) is 3.62. The highest BCUT2D eigenvalue weighted by Crippen LogP contribution is 2.31. The molecule has 3 rings (SSSR count). The van der Waals surface area contributed by atoms with Crippen molar-refractivity contribution >= 4 is 39.1 Å². The Labute approximate surface area is 169 Å². The maximum absolute atomic E-state index is 12.4. The van der Waals surface area contributed by atoms with E-state index in [-0.39, 0.29) is 0 Å². The van der Waals surface area contributed by atoms with Gasteiger partial charge in [-0.1, -0.05) is 6.07 Å². The number of hydrogen-bond acceptors (Lipinski definition) is 4. The molecule has 0 aliphatic carbocycles. The van der Waals surface area contributed by atoms with Crippen LogP contribution in [0.3, 0.4) is 0 Å². The van der Waals surface area contributed by atoms with Crippen LogP contribution in [-0.4, -0.2) is 33.8 Å². The molecule has 146 valence electrons. The Bertz CT molecular complexity index is 1020. The molecule has 0 saturated carbocycles. The lowest BCUT2D eigenvalue weighted by molar-refractivity contribution is -0.146. The lowest BCUT2D eigenvalue weighted by atomic mass is 10.1. The van der Waals surface area contributed by atoms with Crippen LogP contribution in [0.5, 0.6) is 0 Å². The molecule has 0 aliphatic rings. The van der Waals surface area contributed by atoms with Crippen molar-refractivity contribution in [2.75, 3.05) is 11.9 Å². The van der Waals surface area contributed by atoms with Gasteiger partial charge in [-0.3, -0.25) is 9.59 Å². The van der Waals surface area contributed by atoms with Crippen molar-refractivity contribution in [3.8, 4) is 10.6 Å². The Balaban J connectivity index is 1.75. The molecule has 1 aromatic heterocycles. The molecular weight excluding hydrogens is 370 g/mol. The van der Waals surface area contributed by atoms with Crippen molar-refractivity contribution in [1.29, 1.82) is 0 Å². The molecule has 5 nitrogen and oxygen atoms in total. The van der Waals surface area contributed by atoms with Gasteiger partial charge >= 0.3 is 11.8 Å². The van der Waals surface area contributed by atoms with Gasteiger partial charge in [0.1, 0.15) is 5.01 Å². The van der Waals surface area contributed by atoms with Crippen LogP contribution in [0.25, 0.3) is 20.8 Å². The third-order valence-electron chi connectivity index (χ3n) is 4.50. The zero-order chi connectivity index (χ0) is 20.5. The summed E-state index contributed by atoms with van der Waals surface area (Å²) in [6.45, 7) is 10.1. The van der Waals surface area contributed by atoms with E-state index in [1.807, 2.05) is 45.9 Å². The fraction of sp³-hybridized carbons (Fsp3) is 0.318. The minimum absolute atomic E-state index is 0.405. The molecule has 0 atom stereocenters. The first kappa shape index (κ1) is 20.0. The maximum Gasteiger partial charge on any atom is 0.313 e. The van der Waals surface area contributed by atoms with Gasteiger partial charge in [-0.25, -0.2) is 4.98 Å². The molecule has 0 unspecified atom stereocenters. The van der Waals surface area contributed by atoms with E-state index in [4.69, 9.17) is 0 Å². The fourth-order valence-electron chi connectivity index (χ4n) is 3.08. The fourth-order valence-corrected chi connectivity index (χ4v) is 4.15. The average molecular weight is 396 g/mol. The van der Waals surface area contributed by atoms with E-state index >= 15 is 0 Å². The van der Waals surface area contributed by atoms with E-state index in [0.717, 1.165) is 20.8 Å². The van der Waals surface area contributed by atoms with E-state index in [0.29, 0.717) is 12.2 Å². The van der Waals surface area contributed by atoms with Gasteiger partial charge in [0, 0.05) is 23.3 Å². The first-order chi connectivity index (χ1) is 13.2. The van der Waals surface area contributed by atoms with Crippen LogP contribution >= 0.6 is 11.3 Å². The average Bonchev–Trinajstić information content (AvgIpc) is 3.04. The third-order valence-corrected chi connectivity index (χ3v) is 5.57. The second-order valence-corrected chi connectivity index (χ2v) is 8.77. The van der Waals surface area contributed by atoms with E-state index < -0.39 is 17.4 Å². The zero-order valence-electron chi connectivity index (χ0n) is 16.9. The maximum atomic E-state index is 12.4. The largest absolute Gasteiger partial charge is 0.330 e. The predicted octanol–water partition coefficient (Wildman–Crippen LogP) is 4.86. The van der Waals surface area contributed by atoms with Crippen molar-refractivity contribution in [2.45, 2.75) is 40.2 Å². The van der Waals surface area contributed by atoms with Crippen LogP contribution in [0.15, 0.2) is 42.5 Å². The second-order valence-electron chi connectivity index (χ2n) is 7.74. The summed E-state index contributed by atoms with van der Waals surface area (Å²) in [5.41, 5.74) is 3.35. The minimum atomic E-state index is -0.625. The van der Waals surface area contributed by atoms with Crippen LogP contribution in [0.1, 0.15) is 33.3 Å². The van der Waals surface area contributed by atoms with Crippen molar-refractivity contribution in [3.05, 3.63) is 48.0 Å². The summed E-state index contributed by atoms with van der Waals surface area (Å²) in [4.78, 5) is 31.0. The number of amides is 2. The van der Waals surface area contributed by atoms with Crippen LogP contribution in [0, 0.1) is 6.92 Å². The highest BCUT2D eigenvalue weighted by Gasteiger charge is 2.29. The molecule has 1 heterocycles. The molecule has 1 N–H and O–H groups in total. The van der Waals surface area contributed by atoms with Gasteiger partial charge in [-0.15, -0.1) is 11.3 Å². The monoisotopic (exact) mass is 395 g/mol. The summed E-state index contributed by atoms with van der Waals surface area (Å²) >= 11 is 1.64. The quantitative estimate of drug-likeness (QED) is 0.645. The molecule has 0 bridgehead atoms. The molecule has 0 aliphatic heterocycles. The highest BCUT2D eigenvalue weighted by molar-refractivity contribution is 7.21. The van der Waals surface area contributed by atoms with Gasteiger partial charge in [0.25, 0.3) is 0 Å². The first-order valence-corrected chi connectivity index (χ1v) is 10.1. The first-order valence-electron chi connectivity index (χ1n) is 9.29. The van der Waals surface area contributed by atoms with Crippen molar-refractivity contribution in [2.24, 2.45) is 0 Å². The van der Waals surface area contributed by atoms with Crippen LogP contribution < -0.4 is 5.32 Å². The molecular formula is C22H25N3O2S. The van der Waals surface area contributed by atoms with Gasteiger partial charge in [0.2, 0.25) is 0 Å². The Hall–Kier alpha value is -2.73. The van der Waals surface area contributed by atoms with Gasteiger partial charge in [0.15, 0.2) is 0 Å². The van der Waals surface area contributed by atoms with Gasteiger partial charge in [-0.2, -0.15) is 0 Å². The number of nitrogens with one attached hydrogen (secondary N) is 1. The molecule has 2 aromatic carbocycles. The SMILES string of the molecule is CCN(C(=O)C(=O)Nc1ccc(-c2nc3ccc(C)cc3s2)cc1)C(C)(C)C. The van der Waals surface area contributed by atoms with E-state index in [2.05, 4.69) is 29.4 Å². The number of carbonyl (C=O) groups excluding carboxylic acids is 2. The third kappa shape index (κ3) is 4.22. The minimum Gasteiger partial charge on any atom is -0.330 e. The number of anilines is 1. The molecule has 0 saturated heterocycles. The summed E-state index contributed by atoms with van der Waals surface area (Å²) in [5.74, 6) is -1.15. The number of benzene rings is 2. The van der Waals surface area contributed by atoms with Gasteiger partial charge in [-0.05, 0) is 76.6 Å². The van der Waals surface area contributed by atoms with Crippen LogP contribution in [0.4, 0.5) is 5.69 Å². The lowest BCUT2D eigenvalue weighted by Crippen LogP contribution is -2.49. The Morgan fingerprint density at radius 1 is 1.11 bits per heavy atom. The standard InChI is InChI=1S/C22H25N3O2S/c1-6-25(22(3,4)5)21(27)19(26)23-16-10-8-15(9-11-16)20-24-17-12-7-14(2)13-18(17)28-20/h7-13H,6H2,1-5H3,(H,23,26). The number of rotatable bonds is 3. The van der Waals surface area contributed by atoms with Crippen LogP contribution in [-0.2, 0) is 9.59 Å². The normalized spacial score (nSPS) is 11.5. The van der Waals surface area contributed by atoms with Crippen molar-refractivity contribution in [1.82, 2.24) is 9.88 Å². The number of aromatic nitrogens is 1. The van der Waals surface area contributed by atoms with E-state index in [1.54, 1.807) is 28.4 Å². The predicted molar refractivity (Wildman–Crippen MR) is 116 cm³/mol. The number of nitrogens with zero attached hydrogens (tertiary/aromatic N) is 2. The second kappa shape index (κ2) is 7.72. The zero-order valence-corrected chi connectivity index (χ0v) is 17.7. The molecule has 0 radical (unpaired) electrons. The van der Waals surface area contributed by atoms with Crippen molar-refractivity contribution in [3.63, 3.8) is 0 Å². The highest BCUT2D eigenvalue weighted by atomic mass is 32.1. The molecule has 0 fully saturated rings. The molecule has 3 aromatic rings. The number of thiazole rings is 1. The van der Waals surface area contributed by atoms with E-state index in [9.17, 15) is 9.59 Å². The smallest absolute Gasteiger partial charge is 0.313 e. The Kier molecular flexibility index (Phi) is 5.52. The molecule has 2 amide bonds. The van der Waals surface area contributed by atoms with Crippen molar-refractivity contribution < 1.29 is 9.59 Å². The number of carbonyl (C=O) groups is 2. The number of aryl methyl sites for hydroxylation is 1. The summed E-state index contributed by atoms with van der Waals surface area (Å²) in [6.07, 6.45) is 0. The number of likely N-dealkylation sites (N-methyl/N-ethyl adjacent to an activating group) is 1. The molecule has 0 spiro atoms. The lowest BCUT2D eigenvalue weighted by Gasteiger charge is -2.34. The summed E-state index contributed by atoms with van der Waals surface area (Å²) in [7, 11) is 0. The molecule has 28 heavy (non-hydrogen) atoms. The summed E-state index contributed by atoms with van der Waals surface area (Å²) in [6, 6.07) is 13.6. The number of hydrogen-bond donors (Lipinski definition) is 1. The molecule has 6 heteroatoms. The Morgan fingerprint density at radius 3 is 2.39 bits per heavy atom. The topological polar surface area (TPSA) is 62.3 Å². The van der Waals surface area contributed by atoms with Gasteiger partial charge < -0.3 is 10.2 Å². The Morgan fingerprint density at radius 2 is 1.79 bits per heavy atom.